The van der Waals surface area contributed by atoms with Crippen LogP contribution >= 0.6 is 11.8 Å². The zero-order valence-electron chi connectivity index (χ0n) is 18.4. The minimum absolute atomic E-state index is 0.125. The molecule has 4 heteroatoms. The number of nitrogens with one attached hydrogen (secondary N) is 1. The topological polar surface area (TPSA) is 36.8 Å². The molecule has 5 rings (SSSR count). The van der Waals surface area contributed by atoms with Gasteiger partial charge in [-0.3, -0.25) is 9.98 Å². The number of hydrogen-bond acceptors (Lipinski definition) is 3. The number of aliphatic imine (C=N–C) groups is 2. The van der Waals surface area contributed by atoms with Crippen LogP contribution in [0.1, 0.15) is 28.3 Å². The highest BCUT2D eigenvalue weighted by Gasteiger charge is 2.47. The Morgan fingerprint density at radius 2 is 1.06 bits per heavy atom. The molecule has 0 radical (unpaired) electrons. The molecule has 0 spiro atoms. The van der Waals surface area contributed by atoms with E-state index in [1.54, 1.807) is 11.8 Å². The normalized spacial score (nSPS) is 17.4. The minimum atomic E-state index is -0.607. The average Bonchev–Trinajstić information content (AvgIpc) is 3.29. The first-order valence-corrected chi connectivity index (χ1v) is 11.8. The van der Waals surface area contributed by atoms with E-state index in [9.17, 15) is 0 Å². The SMILES string of the molecule is CN=C1NC(c2ccccc2)(c2ccccc2)C(=NC(c2ccccc2)c2ccccc2)S1. The Morgan fingerprint density at radius 3 is 1.48 bits per heavy atom. The first-order valence-electron chi connectivity index (χ1n) is 11.0. The van der Waals surface area contributed by atoms with Gasteiger partial charge in [0.1, 0.15) is 16.6 Å². The third kappa shape index (κ3) is 4.10. The molecule has 1 aliphatic heterocycles. The largest absolute Gasteiger partial charge is 0.345 e. The summed E-state index contributed by atoms with van der Waals surface area (Å²) in [7, 11) is 1.82. The van der Waals surface area contributed by atoms with Crippen molar-refractivity contribution in [2.75, 3.05) is 7.05 Å². The van der Waals surface area contributed by atoms with Gasteiger partial charge in [-0.15, -0.1) is 0 Å². The lowest BCUT2D eigenvalue weighted by molar-refractivity contribution is 0.653. The molecule has 1 fully saturated rings. The van der Waals surface area contributed by atoms with Crippen LogP contribution in [0.3, 0.4) is 0 Å². The van der Waals surface area contributed by atoms with E-state index >= 15 is 0 Å². The fourth-order valence-electron chi connectivity index (χ4n) is 4.30. The number of nitrogens with zero attached hydrogens (tertiary/aromatic N) is 2. The van der Waals surface area contributed by atoms with Gasteiger partial charge < -0.3 is 5.32 Å². The van der Waals surface area contributed by atoms with E-state index in [1.807, 2.05) is 31.3 Å². The molecule has 1 N–H and O–H groups in total. The Labute approximate surface area is 199 Å². The first-order chi connectivity index (χ1) is 16.3. The standard InChI is InChI=1S/C29H25N3S/c1-30-28-32-29(24-18-10-4-11-19-24,25-20-12-5-13-21-25)27(33-28)31-26(22-14-6-2-7-15-22)23-16-8-3-9-17-23/h2-21,26H,1H3,(H,30,32). The molecule has 0 atom stereocenters. The lowest BCUT2D eigenvalue weighted by Crippen LogP contribution is -2.44. The van der Waals surface area contributed by atoms with Crippen LogP contribution in [-0.2, 0) is 5.54 Å². The molecule has 0 amide bonds. The van der Waals surface area contributed by atoms with Crippen LogP contribution in [-0.4, -0.2) is 17.3 Å². The third-order valence-electron chi connectivity index (χ3n) is 5.90. The fraction of sp³-hybridized carbons (Fsp3) is 0.103. The van der Waals surface area contributed by atoms with Crippen molar-refractivity contribution in [3.8, 4) is 0 Å². The third-order valence-corrected chi connectivity index (χ3v) is 6.99. The molecule has 0 bridgehead atoms. The van der Waals surface area contributed by atoms with Crippen LogP contribution in [0.5, 0.6) is 0 Å². The molecular weight excluding hydrogens is 422 g/mol. The Kier molecular flexibility index (Phi) is 6.09. The second-order valence-electron chi connectivity index (χ2n) is 7.90. The van der Waals surface area contributed by atoms with Crippen LogP contribution in [0.2, 0.25) is 0 Å². The molecule has 0 saturated carbocycles. The Bertz CT molecular complexity index is 1170. The maximum Gasteiger partial charge on any atom is 0.163 e. The van der Waals surface area contributed by atoms with Gasteiger partial charge in [-0.1, -0.05) is 121 Å². The molecular formula is C29H25N3S. The number of amidine groups is 1. The van der Waals surface area contributed by atoms with Crippen LogP contribution < -0.4 is 5.32 Å². The van der Waals surface area contributed by atoms with Gasteiger partial charge in [-0.25, -0.2) is 0 Å². The summed E-state index contributed by atoms with van der Waals surface area (Å²) < 4.78 is 0. The van der Waals surface area contributed by atoms with Crippen molar-refractivity contribution in [3.63, 3.8) is 0 Å². The summed E-state index contributed by atoms with van der Waals surface area (Å²) in [6.45, 7) is 0. The zero-order chi connectivity index (χ0) is 22.5. The summed E-state index contributed by atoms with van der Waals surface area (Å²) in [5.41, 5.74) is 3.99. The lowest BCUT2D eigenvalue weighted by atomic mass is 9.83. The highest BCUT2D eigenvalue weighted by Crippen LogP contribution is 2.43. The predicted molar refractivity (Wildman–Crippen MR) is 140 cm³/mol. The number of benzene rings is 4. The van der Waals surface area contributed by atoms with Gasteiger partial charge in [0.05, 0.1) is 0 Å². The van der Waals surface area contributed by atoms with Gasteiger partial charge in [0.2, 0.25) is 0 Å². The lowest BCUT2D eigenvalue weighted by Gasteiger charge is -2.31. The summed E-state index contributed by atoms with van der Waals surface area (Å²) in [6.07, 6.45) is 0. The van der Waals surface area contributed by atoms with Gasteiger partial charge in [0.25, 0.3) is 0 Å². The molecule has 1 heterocycles. The molecule has 1 aliphatic rings. The molecule has 162 valence electrons. The maximum absolute atomic E-state index is 5.46. The molecule has 0 aliphatic carbocycles. The monoisotopic (exact) mass is 447 g/mol. The smallest absolute Gasteiger partial charge is 0.163 e. The molecule has 0 unspecified atom stereocenters. The molecule has 1 saturated heterocycles. The van der Waals surface area contributed by atoms with Crippen molar-refractivity contribution >= 4 is 22.0 Å². The van der Waals surface area contributed by atoms with Gasteiger partial charge in [-0.2, -0.15) is 0 Å². The van der Waals surface area contributed by atoms with E-state index in [0.717, 1.165) is 32.5 Å². The van der Waals surface area contributed by atoms with Gasteiger partial charge in [-0.05, 0) is 34.0 Å². The second kappa shape index (κ2) is 9.47. The van der Waals surface area contributed by atoms with E-state index in [0.29, 0.717) is 0 Å². The molecule has 4 aromatic carbocycles. The second-order valence-corrected chi connectivity index (χ2v) is 8.87. The minimum Gasteiger partial charge on any atom is -0.345 e. The molecule has 4 aromatic rings. The number of thioether (sulfide) groups is 1. The Hall–Kier alpha value is -3.63. The summed E-state index contributed by atoms with van der Waals surface area (Å²) in [5, 5.41) is 5.57. The predicted octanol–water partition coefficient (Wildman–Crippen LogP) is 6.44. The van der Waals surface area contributed by atoms with Crippen molar-refractivity contribution in [2.45, 2.75) is 11.6 Å². The van der Waals surface area contributed by atoms with Crippen LogP contribution in [0.4, 0.5) is 0 Å². The van der Waals surface area contributed by atoms with Gasteiger partial charge >= 0.3 is 0 Å². The maximum atomic E-state index is 5.46. The fourth-order valence-corrected chi connectivity index (χ4v) is 5.37. The van der Waals surface area contributed by atoms with Crippen molar-refractivity contribution in [2.24, 2.45) is 9.98 Å². The highest BCUT2D eigenvalue weighted by molar-refractivity contribution is 8.27. The van der Waals surface area contributed by atoms with Crippen molar-refractivity contribution in [3.05, 3.63) is 144 Å². The van der Waals surface area contributed by atoms with Crippen LogP contribution in [0.15, 0.2) is 131 Å². The van der Waals surface area contributed by atoms with E-state index in [4.69, 9.17) is 4.99 Å². The number of hydrogen-bond donors (Lipinski definition) is 1. The Morgan fingerprint density at radius 1 is 0.636 bits per heavy atom. The van der Waals surface area contributed by atoms with Crippen molar-refractivity contribution in [1.29, 1.82) is 0 Å². The van der Waals surface area contributed by atoms with Gasteiger partial charge in [0.15, 0.2) is 5.17 Å². The molecule has 3 nitrogen and oxygen atoms in total. The van der Waals surface area contributed by atoms with E-state index < -0.39 is 5.54 Å². The number of rotatable bonds is 5. The van der Waals surface area contributed by atoms with E-state index in [1.165, 1.54) is 0 Å². The summed E-state index contributed by atoms with van der Waals surface area (Å²) in [5.74, 6) is 0. The summed E-state index contributed by atoms with van der Waals surface area (Å²) in [6, 6.07) is 41.9. The first kappa shape index (κ1) is 21.2. The van der Waals surface area contributed by atoms with Crippen molar-refractivity contribution < 1.29 is 0 Å². The van der Waals surface area contributed by atoms with E-state index in [2.05, 4.69) is 107 Å². The molecule has 0 aromatic heterocycles. The summed E-state index contributed by atoms with van der Waals surface area (Å²) >= 11 is 1.61. The highest BCUT2D eigenvalue weighted by atomic mass is 32.2. The Balaban J connectivity index is 1.76. The van der Waals surface area contributed by atoms with Crippen LogP contribution in [0.25, 0.3) is 0 Å². The quantitative estimate of drug-likeness (QED) is 0.382. The van der Waals surface area contributed by atoms with Gasteiger partial charge in [0, 0.05) is 7.05 Å². The van der Waals surface area contributed by atoms with Crippen LogP contribution in [0, 0.1) is 0 Å². The summed E-state index contributed by atoms with van der Waals surface area (Å²) in [4.78, 5) is 9.98. The van der Waals surface area contributed by atoms with Crippen molar-refractivity contribution in [1.82, 2.24) is 5.32 Å². The average molecular weight is 448 g/mol. The van der Waals surface area contributed by atoms with E-state index in [-0.39, 0.29) is 6.04 Å². The molecule has 33 heavy (non-hydrogen) atoms. The zero-order valence-corrected chi connectivity index (χ0v) is 19.2.